The van der Waals surface area contributed by atoms with Crippen molar-refractivity contribution in [3.63, 3.8) is 0 Å². The lowest BCUT2D eigenvalue weighted by molar-refractivity contribution is 0.151. The largest absolute Gasteiger partial charge is 0.355 e. The van der Waals surface area contributed by atoms with E-state index >= 15 is 0 Å². The van der Waals surface area contributed by atoms with Crippen LogP contribution in [0, 0.1) is 5.41 Å². The normalized spacial score (nSPS) is 28.0. The fraction of sp³-hybridized carbons (Fsp3) is 0.929. The molecular formula is C14H26N4O2S. The maximum atomic E-state index is 11.8. The van der Waals surface area contributed by atoms with Crippen molar-refractivity contribution in [2.24, 2.45) is 10.4 Å². The molecule has 0 radical (unpaired) electrons. The van der Waals surface area contributed by atoms with Crippen LogP contribution in [0.3, 0.4) is 0 Å². The molecule has 7 heteroatoms. The molecule has 3 rings (SSSR count). The highest BCUT2D eigenvalue weighted by atomic mass is 32.2. The summed E-state index contributed by atoms with van der Waals surface area (Å²) in [5, 5.41) is 3.33. The Kier molecular flexibility index (Phi) is 4.14. The van der Waals surface area contributed by atoms with E-state index in [0.717, 1.165) is 25.5 Å². The van der Waals surface area contributed by atoms with Gasteiger partial charge in [0.15, 0.2) is 5.96 Å². The van der Waals surface area contributed by atoms with Gasteiger partial charge in [-0.2, -0.15) is 0 Å². The summed E-state index contributed by atoms with van der Waals surface area (Å²) in [6, 6.07) is 0. The molecule has 3 fully saturated rings. The Bertz CT molecular complexity index is 513. The van der Waals surface area contributed by atoms with Crippen molar-refractivity contribution >= 4 is 16.0 Å². The van der Waals surface area contributed by atoms with Crippen LogP contribution in [0.4, 0.5) is 0 Å². The Morgan fingerprint density at radius 1 is 1.24 bits per heavy atom. The highest BCUT2D eigenvalue weighted by molar-refractivity contribution is 7.89. The van der Waals surface area contributed by atoms with Crippen LogP contribution in [-0.4, -0.2) is 69.1 Å². The predicted octanol–water partition coefficient (Wildman–Crippen LogP) is 0.473. The fourth-order valence-electron chi connectivity index (χ4n) is 3.77. The number of likely N-dealkylation sites (tertiary alicyclic amines) is 1. The van der Waals surface area contributed by atoms with Crippen molar-refractivity contribution in [3.05, 3.63) is 0 Å². The highest BCUT2D eigenvalue weighted by Gasteiger charge is 2.43. The van der Waals surface area contributed by atoms with Gasteiger partial charge in [0.25, 0.3) is 0 Å². The molecular weight excluding hydrogens is 288 g/mol. The lowest BCUT2D eigenvalue weighted by Crippen LogP contribution is -2.45. The highest BCUT2D eigenvalue weighted by Crippen LogP contribution is 2.47. The van der Waals surface area contributed by atoms with Gasteiger partial charge in [-0.25, -0.2) is 12.7 Å². The maximum absolute atomic E-state index is 11.8. The number of hydrogen-bond donors (Lipinski definition) is 1. The Balaban J connectivity index is 1.47. The van der Waals surface area contributed by atoms with Crippen LogP contribution in [-0.2, 0) is 10.0 Å². The Hall–Kier alpha value is -0.820. The van der Waals surface area contributed by atoms with Gasteiger partial charge in [0, 0.05) is 39.8 Å². The second-order valence-electron chi connectivity index (χ2n) is 6.57. The molecule has 6 nitrogen and oxygen atoms in total. The lowest BCUT2D eigenvalue weighted by Gasteiger charge is -2.38. The maximum Gasteiger partial charge on any atom is 0.214 e. The van der Waals surface area contributed by atoms with Crippen LogP contribution in [0.15, 0.2) is 4.99 Å². The lowest BCUT2D eigenvalue weighted by atomic mass is 9.68. The first-order valence-corrected chi connectivity index (χ1v) is 9.59. The molecule has 1 saturated carbocycles. The average molecular weight is 314 g/mol. The van der Waals surface area contributed by atoms with Gasteiger partial charge in [0.1, 0.15) is 0 Å². The summed E-state index contributed by atoms with van der Waals surface area (Å²) in [6.45, 7) is 4.02. The van der Waals surface area contributed by atoms with Gasteiger partial charge in [0.05, 0.1) is 5.75 Å². The van der Waals surface area contributed by atoms with Gasteiger partial charge in [-0.3, -0.25) is 4.99 Å². The third kappa shape index (κ3) is 3.04. The van der Waals surface area contributed by atoms with Crippen molar-refractivity contribution in [2.45, 2.75) is 32.1 Å². The van der Waals surface area contributed by atoms with Gasteiger partial charge in [-0.1, -0.05) is 6.42 Å². The molecule has 1 aliphatic carbocycles. The first-order chi connectivity index (χ1) is 10.0. The molecule has 0 aromatic rings. The van der Waals surface area contributed by atoms with E-state index in [4.69, 9.17) is 0 Å². The number of hydrogen-bond acceptors (Lipinski definition) is 3. The summed E-state index contributed by atoms with van der Waals surface area (Å²) < 4.78 is 25.1. The summed E-state index contributed by atoms with van der Waals surface area (Å²) in [5.74, 6) is 1.23. The van der Waals surface area contributed by atoms with Gasteiger partial charge in [-0.05, 0) is 31.1 Å². The van der Waals surface area contributed by atoms with Crippen molar-refractivity contribution in [1.29, 1.82) is 0 Å². The van der Waals surface area contributed by atoms with E-state index in [9.17, 15) is 8.42 Å². The number of nitrogens with one attached hydrogen (secondary N) is 1. The Morgan fingerprint density at radius 3 is 2.57 bits per heavy atom. The standard InChI is InChI=1S/C14H26N4O2S/c1-15-13(17-9-6-14(12-17)4-2-5-14)16-7-10-18-8-3-11-21(18,19)20/h2-12H2,1H3,(H,15,16). The third-order valence-electron chi connectivity index (χ3n) is 5.21. The minimum absolute atomic E-state index is 0.302. The molecule has 0 unspecified atom stereocenters. The average Bonchev–Trinajstić information content (AvgIpc) is 2.99. The first kappa shape index (κ1) is 15.1. The van der Waals surface area contributed by atoms with E-state index in [-0.39, 0.29) is 0 Å². The monoisotopic (exact) mass is 314 g/mol. The summed E-state index contributed by atoms with van der Waals surface area (Å²) in [5.41, 5.74) is 0.551. The van der Waals surface area contributed by atoms with Crippen LogP contribution in [0.2, 0.25) is 0 Å². The summed E-state index contributed by atoms with van der Waals surface area (Å²) >= 11 is 0. The van der Waals surface area contributed by atoms with Gasteiger partial charge < -0.3 is 10.2 Å². The summed E-state index contributed by atoms with van der Waals surface area (Å²) in [6.07, 6.45) is 6.10. The number of aliphatic imine (C=N–C) groups is 1. The van der Waals surface area contributed by atoms with E-state index in [1.54, 1.807) is 11.4 Å². The van der Waals surface area contributed by atoms with Gasteiger partial charge in [0.2, 0.25) is 10.0 Å². The van der Waals surface area contributed by atoms with Gasteiger partial charge in [-0.15, -0.1) is 0 Å². The van der Waals surface area contributed by atoms with Gasteiger partial charge >= 0.3 is 0 Å². The molecule has 2 aliphatic heterocycles. The molecule has 120 valence electrons. The Labute approximate surface area is 127 Å². The molecule has 0 aromatic carbocycles. The predicted molar refractivity (Wildman–Crippen MR) is 83.8 cm³/mol. The van der Waals surface area contributed by atoms with E-state index in [1.807, 2.05) is 0 Å². The van der Waals surface area contributed by atoms with E-state index in [2.05, 4.69) is 15.2 Å². The molecule has 1 N–H and O–H groups in total. The van der Waals surface area contributed by atoms with Crippen molar-refractivity contribution in [2.75, 3.05) is 45.5 Å². The summed E-state index contributed by atoms with van der Waals surface area (Å²) in [7, 11) is -1.18. The Morgan fingerprint density at radius 2 is 2.05 bits per heavy atom. The molecule has 0 aromatic heterocycles. The van der Waals surface area contributed by atoms with Crippen LogP contribution < -0.4 is 5.32 Å². The van der Waals surface area contributed by atoms with E-state index in [0.29, 0.717) is 30.8 Å². The molecule has 1 spiro atoms. The molecule has 0 bridgehead atoms. The topological polar surface area (TPSA) is 65.0 Å². The van der Waals surface area contributed by atoms with Crippen molar-refractivity contribution < 1.29 is 8.42 Å². The second-order valence-corrected chi connectivity index (χ2v) is 8.66. The quantitative estimate of drug-likeness (QED) is 0.608. The number of rotatable bonds is 3. The van der Waals surface area contributed by atoms with E-state index in [1.165, 1.54) is 25.7 Å². The molecule has 0 atom stereocenters. The zero-order valence-corrected chi connectivity index (χ0v) is 13.7. The van der Waals surface area contributed by atoms with Crippen LogP contribution in [0.5, 0.6) is 0 Å². The van der Waals surface area contributed by atoms with Crippen molar-refractivity contribution in [3.8, 4) is 0 Å². The smallest absolute Gasteiger partial charge is 0.214 e. The molecule has 2 saturated heterocycles. The number of nitrogens with zero attached hydrogens (tertiary/aromatic N) is 3. The van der Waals surface area contributed by atoms with Crippen LogP contribution in [0.25, 0.3) is 0 Å². The summed E-state index contributed by atoms with van der Waals surface area (Å²) in [4.78, 5) is 6.69. The van der Waals surface area contributed by atoms with E-state index < -0.39 is 10.0 Å². The number of sulfonamides is 1. The first-order valence-electron chi connectivity index (χ1n) is 7.98. The zero-order valence-electron chi connectivity index (χ0n) is 12.8. The second kappa shape index (κ2) is 5.76. The zero-order chi connectivity index (χ0) is 14.9. The van der Waals surface area contributed by atoms with Crippen LogP contribution >= 0.6 is 0 Å². The minimum Gasteiger partial charge on any atom is -0.355 e. The SMILES string of the molecule is CN=C(NCCN1CCCS1(=O)=O)N1CCC2(CCC2)C1. The molecule has 2 heterocycles. The fourth-order valence-corrected chi connectivity index (χ4v) is 5.30. The van der Waals surface area contributed by atoms with Crippen molar-refractivity contribution in [1.82, 2.24) is 14.5 Å². The number of guanidine groups is 1. The molecule has 0 amide bonds. The van der Waals surface area contributed by atoms with Crippen LogP contribution in [0.1, 0.15) is 32.1 Å². The third-order valence-corrected chi connectivity index (χ3v) is 7.17. The molecule has 3 aliphatic rings. The minimum atomic E-state index is -2.98. The molecule has 21 heavy (non-hydrogen) atoms.